The maximum Gasteiger partial charge on any atom is 0.252 e. The molecule has 0 spiro atoms. The van der Waals surface area contributed by atoms with Crippen molar-refractivity contribution in [2.24, 2.45) is 0 Å². The van der Waals surface area contributed by atoms with Gasteiger partial charge in [-0.25, -0.2) is 0 Å². The van der Waals surface area contributed by atoms with Gasteiger partial charge in [-0.3, -0.25) is 4.31 Å². The topological polar surface area (TPSA) is 49.2 Å². The van der Waals surface area contributed by atoms with Crippen LogP contribution in [0.2, 0.25) is 0 Å². The molecule has 0 fully saturated rings. The zero-order chi connectivity index (χ0) is 44.6. The van der Waals surface area contributed by atoms with Crippen LogP contribution in [-0.2, 0) is 0 Å². The van der Waals surface area contributed by atoms with Gasteiger partial charge in [0.05, 0.1) is 16.7 Å². The van der Waals surface area contributed by atoms with Crippen LogP contribution in [0.3, 0.4) is 0 Å². The van der Waals surface area contributed by atoms with Crippen LogP contribution >= 0.6 is 11.9 Å². The van der Waals surface area contributed by atoms with Crippen LogP contribution < -0.4 is 69.4 Å². The van der Waals surface area contributed by atoms with Crippen LogP contribution in [0.4, 0.5) is 45.5 Å². The number of benzene rings is 9. The first kappa shape index (κ1) is 36.4. The lowest BCUT2D eigenvalue weighted by molar-refractivity contribution is 1.18. The average molecular weight is 884 g/mol. The van der Waals surface area contributed by atoms with E-state index in [4.69, 9.17) is 0 Å². The molecule has 316 valence electrons. The van der Waals surface area contributed by atoms with Gasteiger partial charge in [-0.2, -0.15) is 0 Å². The molecule has 0 saturated heterocycles. The van der Waals surface area contributed by atoms with Crippen molar-refractivity contribution in [3.63, 3.8) is 0 Å². The zero-order valence-electron chi connectivity index (χ0n) is 37.8. The molecule has 0 amide bonds. The minimum absolute atomic E-state index is 0.000263. The maximum absolute atomic E-state index is 4.07. The predicted molar refractivity (Wildman–Crippen MR) is 295 cm³/mol. The summed E-state index contributed by atoms with van der Waals surface area (Å²) in [5.74, 6) is 0. The lowest BCUT2D eigenvalue weighted by Crippen LogP contribution is -2.65. The Morgan fingerprint density at radius 3 is 1.31 bits per heavy atom. The van der Waals surface area contributed by atoms with Crippen LogP contribution in [0, 0.1) is 20.8 Å². The van der Waals surface area contributed by atoms with E-state index in [1.807, 2.05) is 0 Å². The molecule has 0 bridgehead atoms. The Bertz CT molecular complexity index is 4260. The van der Waals surface area contributed by atoms with Crippen molar-refractivity contribution in [2.75, 3.05) is 26.5 Å². The van der Waals surface area contributed by atoms with Gasteiger partial charge >= 0.3 is 0 Å². The van der Waals surface area contributed by atoms with Gasteiger partial charge in [-0.15, -0.1) is 0 Å². The van der Waals surface area contributed by atoms with Gasteiger partial charge in [0, 0.05) is 90.0 Å². The Kier molecular flexibility index (Phi) is 6.57. The van der Waals surface area contributed by atoms with Crippen molar-refractivity contribution in [3.8, 4) is 11.4 Å². The van der Waals surface area contributed by atoms with Crippen molar-refractivity contribution >= 4 is 170 Å². The summed E-state index contributed by atoms with van der Waals surface area (Å²) < 4.78 is 7.58. The fourth-order valence-corrected chi connectivity index (χ4v) is 14.8. The summed E-state index contributed by atoms with van der Waals surface area (Å²) >= 11 is 1.80. The maximum atomic E-state index is 4.07. The fraction of sp³-hybridized carbons (Fsp3) is 0.0690. The molecule has 17 rings (SSSR count). The highest BCUT2D eigenvalue weighted by molar-refractivity contribution is 8.00. The lowest BCUT2D eigenvalue weighted by atomic mass is 9.29. The molecule has 0 aliphatic carbocycles. The van der Waals surface area contributed by atoms with Gasteiger partial charge in [0.15, 0.2) is 0 Å². The Balaban J connectivity index is 0.934. The van der Waals surface area contributed by atoms with Crippen LogP contribution in [0.1, 0.15) is 16.7 Å². The molecule has 0 unspecified atom stereocenters. The average Bonchev–Trinajstić information content (AvgIpc) is 3.87. The summed E-state index contributed by atoms with van der Waals surface area (Å²) in [6, 6.07) is 56.3. The fourth-order valence-electron chi connectivity index (χ4n) is 14.1. The van der Waals surface area contributed by atoms with E-state index >= 15 is 0 Å². The van der Waals surface area contributed by atoms with Crippen molar-refractivity contribution in [1.29, 1.82) is 0 Å². The van der Waals surface area contributed by atoms with Gasteiger partial charge in [0.25, 0.3) is 20.1 Å². The molecule has 9 aromatic carbocycles. The highest BCUT2D eigenvalue weighted by atomic mass is 32.2. The summed E-state index contributed by atoms with van der Waals surface area (Å²) in [7, 11) is 0. The molecule has 0 radical (unpaired) electrons. The molecule has 6 aliphatic rings. The normalized spacial score (nSPS) is 14.5. The largest absolute Gasteiger partial charge is 0.356 e. The first-order valence-electron chi connectivity index (χ1n) is 23.9. The minimum atomic E-state index is 0.000263. The quantitative estimate of drug-likeness (QED) is 0.116. The molecular formula is C58H39B3N6S. The Hall–Kier alpha value is -7.68. The van der Waals surface area contributed by atoms with E-state index < -0.39 is 0 Å². The molecule has 11 aromatic rings. The first-order valence-corrected chi connectivity index (χ1v) is 25.1. The number of para-hydroxylation sites is 4. The third kappa shape index (κ3) is 4.25. The number of nitrogens with zero attached hydrogens (tertiary/aromatic N) is 3. The Labute approximate surface area is 398 Å². The van der Waals surface area contributed by atoms with Gasteiger partial charge in [0.2, 0.25) is 0 Å². The van der Waals surface area contributed by atoms with E-state index in [2.05, 4.69) is 202 Å². The van der Waals surface area contributed by atoms with Crippen LogP contribution in [0.25, 0.3) is 55.0 Å². The van der Waals surface area contributed by atoms with Gasteiger partial charge in [-0.05, 0) is 159 Å². The number of hydrogen-bond acceptors (Lipinski definition) is 5. The molecule has 10 heteroatoms. The van der Waals surface area contributed by atoms with E-state index in [-0.39, 0.29) is 20.1 Å². The number of aryl methyl sites for hydroxylation is 3. The summed E-state index contributed by atoms with van der Waals surface area (Å²) in [6.45, 7) is 6.83. The number of fused-ring (bicyclic) bond motifs is 18. The second kappa shape index (κ2) is 12.3. The SMILES string of the molecule is CSN1c2cc3c(cc2B2c4cc5c(cc4Nc4cc(C)cc1c42)Nc1cc(C)cc2c1B5c1cccc4c5ccccc5n-2c14)B1c2c(cc(C)cc2-n2c4ccccc4c4cccc1c42)N3. The van der Waals surface area contributed by atoms with Crippen LogP contribution in [0.5, 0.6) is 0 Å². The number of anilines is 8. The third-order valence-electron chi connectivity index (χ3n) is 16.4. The van der Waals surface area contributed by atoms with Crippen molar-refractivity contribution < 1.29 is 0 Å². The number of hydrogen-bond donors (Lipinski definition) is 3. The van der Waals surface area contributed by atoms with E-state index in [1.165, 1.54) is 166 Å². The monoisotopic (exact) mass is 884 g/mol. The zero-order valence-corrected chi connectivity index (χ0v) is 38.7. The van der Waals surface area contributed by atoms with Gasteiger partial charge < -0.3 is 25.1 Å². The highest BCUT2D eigenvalue weighted by Gasteiger charge is 2.47. The van der Waals surface area contributed by atoms with E-state index in [9.17, 15) is 0 Å². The summed E-state index contributed by atoms with van der Waals surface area (Å²) in [4.78, 5) is 0. The number of rotatable bonds is 1. The molecular weight excluding hydrogens is 845 g/mol. The number of nitrogens with one attached hydrogen (secondary N) is 3. The number of aromatic nitrogens is 2. The lowest BCUT2D eigenvalue weighted by Gasteiger charge is -2.42. The molecule has 6 nitrogen and oxygen atoms in total. The molecule has 6 aliphatic heterocycles. The van der Waals surface area contributed by atoms with E-state index in [0.29, 0.717) is 0 Å². The molecule has 3 N–H and O–H groups in total. The highest BCUT2D eigenvalue weighted by Crippen LogP contribution is 2.43. The van der Waals surface area contributed by atoms with Crippen LogP contribution in [0.15, 0.2) is 146 Å². The predicted octanol–water partition coefficient (Wildman–Crippen LogP) is 7.88. The molecule has 2 aromatic heterocycles. The van der Waals surface area contributed by atoms with Crippen molar-refractivity contribution in [2.45, 2.75) is 20.8 Å². The van der Waals surface area contributed by atoms with E-state index in [0.717, 1.165) is 0 Å². The summed E-state index contributed by atoms with van der Waals surface area (Å²) in [5, 5.41) is 17.4. The minimum Gasteiger partial charge on any atom is -0.356 e. The summed E-state index contributed by atoms with van der Waals surface area (Å²) in [6.07, 6.45) is 2.23. The molecule has 68 heavy (non-hydrogen) atoms. The Morgan fingerprint density at radius 2 is 0.794 bits per heavy atom. The Morgan fingerprint density at radius 1 is 0.368 bits per heavy atom. The smallest absolute Gasteiger partial charge is 0.252 e. The van der Waals surface area contributed by atoms with Gasteiger partial charge in [-0.1, -0.05) is 84.9 Å². The second-order valence-electron chi connectivity index (χ2n) is 20.1. The first-order chi connectivity index (χ1) is 33.4. The second-order valence-corrected chi connectivity index (χ2v) is 20.8. The van der Waals surface area contributed by atoms with Crippen molar-refractivity contribution in [1.82, 2.24) is 9.13 Å². The van der Waals surface area contributed by atoms with E-state index in [1.54, 1.807) is 11.9 Å². The third-order valence-corrected chi connectivity index (χ3v) is 17.2. The molecule has 0 saturated carbocycles. The molecule has 0 atom stereocenters. The van der Waals surface area contributed by atoms with Crippen molar-refractivity contribution in [3.05, 3.63) is 162 Å². The van der Waals surface area contributed by atoms with Gasteiger partial charge in [0.1, 0.15) is 0 Å². The van der Waals surface area contributed by atoms with Crippen LogP contribution in [-0.4, -0.2) is 35.5 Å². The molecule has 8 heterocycles. The standard InChI is InChI=1S/C58H39B3N6S/c1-29-19-45-54-51(22-29)65-48-17-7-5-11-32(48)34-13-9-15-36(57(34)65)59(54)38-25-39-43(27-42(38)62-45)63-47-21-31(3)24-53-56(47)61(39)41-26-40-44(28-50(41)67(53)68-4)64-46-20-30(2)23-52-55(46)60(40)37-16-10-14-35-33-12-6-8-18-49(33)66(52)58(35)37/h5-28,62-64H,1-4H3. The summed E-state index contributed by atoms with van der Waals surface area (Å²) in [5.41, 5.74) is 33.2.